The van der Waals surface area contributed by atoms with Crippen LogP contribution >= 0.6 is 0 Å². The Hall–Kier alpha value is -1.98. The number of nitrogens with one attached hydrogen (secondary N) is 2. The Morgan fingerprint density at radius 1 is 0.762 bits per heavy atom. The van der Waals surface area contributed by atoms with E-state index >= 15 is 0 Å². The summed E-state index contributed by atoms with van der Waals surface area (Å²) in [6.07, 6.45) is 0. The molecule has 2 aliphatic rings. The molecule has 0 unspecified atom stereocenters. The second-order valence-electron chi connectivity index (χ2n) is 5.49. The Morgan fingerprint density at radius 2 is 1.29 bits per heavy atom. The van der Waals surface area contributed by atoms with Crippen LogP contribution in [-0.2, 0) is 13.1 Å². The summed E-state index contributed by atoms with van der Waals surface area (Å²) in [7, 11) is 0.931. The van der Waals surface area contributed by atoms with Crippen LogP contribution in [0.25, 0.3) is 0 Å². The smallest absolute Gasteiger partial charge is 0.192 e. The zero-order chi connectivity index (χ0) is 14.1. The van der Waals surface area contributed by atoms with Crippen molar-refractivity contribution in [3.05, 3.63) is 47.5 Å². The van der Waals surface area contributed by atoms with Crippen LogP contribution in [0.2, 0.25) is 0 Å². The first-order chi connectivity index (χ1) is 10.4. The van der Waals surface area contributed by atoms with Crippen LogP contribution in [0.5, 0.6) is 11.5 Å². The molecule has 4 rings (SSSR count). The molecule has 0 amide bonds. The van der Waals surface area contributed by atoms with Gasteiger partial charge in [0.1, 0.15) is 25.0 Å². The summed E-state index contributed by atoms with van der Waals surface area (Å²) < 4.78 is 11.1. The molecule has 21 heavy (non-hydrogen) atoms. The Morgan fingerprint density at radius 3 is 1.81 bits per heavy atom. The third-order valence-electron chi connectivity index (χ3n) is 3.95. The maximum Gasteiger partial charge on any atom is 0.192 e. The van der Waals surface area contributed by atoms with Crippen LogP contribution in [0.15, 0.2) is 36.4 Å². The SMILES string of the molecule is B(c1ccc2c(c1)CNCO2)c1ccc2c(c1)CNCO2. The van der Waals surface area contributed by atoms with Gasteiger partial charge in [-0.3, -0.25) is 10.6 Å². The fraction of sp³-hybridized carbons (Fsp3) is 0.250. The largest absolute Gasteiger partial charge is 0.478 e. The summed E-state index contributed by atoms with van der Waals surface area (Å²) in [5, 5.41) is 6.45. The van der Waals surface area contributed by atoms with Gasteiger partial charge in [-0.2, -0.15) is 0 Å². The number of fused-ring (bicyclic) bond motifs is 2. The highest BCUT2D eigenvalue weighted by atomic mass is 16.5. The van der Waals surface area contributed by atoms with Crippen molar-refractivity contribution in [2.75, 3.05) is 13.5 Å². The van der Waals surface area contributed by atoms with E-state index in [1.54, 1.807) is 0 Å². The summed E-state index contributed by atoms with van der Waals surface area (Å²) in [5.41, 5.74) is 5.10. The van der Waals surface area contributed by atoms with Crippen LogP contribution in [0.3, 0.4) is 0 Å². The highest BCUT2D eigenvalue weighted by Crippen LogP contribution is 2.20. The topological polar surface area (TPSA) is 42.5 Å². The standard InChI is InChI=1S/C16H17BN2O2/c1-3-15-11(7-18-9-20-15)5-13(1)17-14-2-4-16-12(6-14)8-19-10-21-16/h1-6,17-19H,7-10H2. The third kappa shape index (κ3) is 2.62. The molecule has 2 N–H and O–H groups in total. The van der Waals surface area contributed by atoms with Crippen LogP contribution in [0, 0.1) is 0 Å². The van der Waals surface area contributed by atoms with Crippen molar-refractivity contribution in [2.45, 2.75) is 13.1 Å². The zero-order valence-electron chi connectivity index (χ0n) is 11.8. The van der Waals surface area contributed by atoms with Crippen molar-refractivity contribution < 1.29 is 9.47 Å². The summed E-state index contributed by atoms with van der Waals surface area (Å²) in [6, 6.07) is 12.9. The van der Waals surface area contributed by atoms with E-state index in [0.29, 0.717) is 13.5 Å². The zero-order valence-corrected chi connectivity index (χ0v) is 11.8. The maximum absolute atomic E-state index is 5.57. The van der Waals surface area contributed by atoms with Crippen molar-refractivity contribution in [3.8, 4) is 11.5 Å². The molecular formula is C16H17BN2O2. The van der Waals surface area contributed by atoms with Gasteiger partial charge in [-0.1, -0.05) is 35.2 Å². The molecule has 2 aliphatic heterocycles. The van der Waals surface area contributed by atoms with Crippen LogP contribution < -0.4 is 31.0 Å². The molecule has 2 aromatic rings. The van der Waals surface area contributed by atoms with Gasteiger partial charge in [-0.15, -0.1) is 0 Å². The van der Waals surface area contributed by atoms with E-state index in [2.05, 4.69) is 47.0 Å². The summed E-state index contributed by atoms with van der Waals surface area (Å²) >= 11 is 0. The number of rotatable bonds is 2. The summed E-state index contributed by atoms with van der Waals surface area (Å²) in [4.78, 5) is 0. The molecule has 106 valence electrons. The molecule has 0 radical (unpaired) electrons. The highest BCUT2D eigenvalue weighted by molar-refractivity contribution is 6.67. The second-order valence-corrected chi connectivity index (χ2v) is 5.49. The first-order valence-electron chi connectivity index (χ1n) is 7.29. The van der Waals surface area contributed by atoms with Crippen molar-refractivity contribution in [2.24, 2.45) is 0 Å². The van der Waals surface area contributed by atoms with E-state index in [-0.39, 0.29) is 0 Å². The molecular weight excluding hydrogens is 263 g/mol. The molecule has 0 atom stereocenters. The van der Waals surface area contributed by atoms with E-state index in [4.69, 9.17) is 9.47 Å². The normalized spacial score (nSPS) is 16.2. The van der Waals surface area contributed by atoms with Crippen LogP contribution in [0.1, 0.15) is 11.1 Å². The lowest BCUT2D eigenvalue weighted by atomic mass is 9.63. The molecule has 5 heteroatoms. The Labute approximate surface area is 124 Å². The van der Waals surface area contributed by atoms with Gasteiger partial charge < -0.3 is 9.47 Å². The molecule has 0 aromatic heterocycles. The minimum atomic E-state index is 0.601. The predicted molar refractivity (Wildman–Crippen MR) is 84.0 cm³/mol. The van der Waals surface area contributed by atoms with Crippen molar-refractivity contribution >= 4 is 18.2 Å². The molecule has 2 heterocycles. The van der Waals surface area contributed by atoms with E-state index in [0.717, 1.165) is 31.9 Å². The first-order valence-corrected chi connectivity index (χ1v) is 7.29. The molecule has 0 saturated heterocycles. The van der Waals surface area contributed by atoms with Gasteiger partial charge in [0.15, 0.2) is 7.28 Å². The van der Waals surface area contributed by atoms with Gasteiger partial charge in [0.25, 0.3) is 0 Å². The molecule has 0 saturated carbocycles. The number of ether oxygens (including phenoxy) is 2. The molecule has 0 spiro atoms. The number of hydrogen-bond donors (Lipinski definition) is 2. The third-order valence-corrected chi connectivity index (χ3v) is 3.95. The van der Waals surface area contributed by atoms with Gasteiger partial charge >= 0.3 is 0 Å². The molecule has 0 aliphatic carbocycles. The highest BCUT2D eigenvalue weighted by Gasteiger charge is 2.13. The second kappa shape index (κ2) is 5.43. The maximum atomic E-state index is 5.57. The van der Waals surface area contributed by atoms with E-state index in [9.17, 15) is 0 Å². The van der Waals surface area contributed by atoms with E-state index in [1.165, 1.54) is 22.1 Å². The van der Waals surface area contributed by atoms with Gasteiger partial charge in [0, 0.05) is 24.2 Å². The van der Waals surface area contributed by atoms with Gasteiger partial charge in [-0.05, 0) is 12.1 Å². The average Bonchev–Trinajstić information content (AvgIpc) is 2.55. The van der Waals surface area contributed by atoms with E-state index < -0.39 is 0 Å². The van der Waals surface area contributed by atoms with Crippen LogP contribution in [-0.4, -0.2) is 20.7 Å². The Balaban J connectivity index is 1.58. The predicted octanol–water partition coefficient (Wildman–Crippen LogP) is -0.0471. The lowest BCUT2D eigenvalue weighted by molar-refractivity contribution is 0.257. The van der Waals surface area contributed by atoms with Crippen molar-refractivity contribution in [1.82, 2.24) is 10.6 Å². The lowest BCUT2D eigenvalue weighted by Gasteiger charge is -2.20. The van der Waals surface area contributed by atoms with Gasteiger partial charge in [0.05, 0.1) is 0 Å². The van der Waals surface area contributed by atoms with Gasteiger partial charge in [0.2, 0.25) is 0 Å². The summed E-state index contributed by atoms with van der Waals surface area (Å²) in [6.45, 7) is 2.96. The Bertz CT molecular complexity index is 618. The Kier molecular flexibility index (Phi) is 3.29. The number of benzene rings is 2. The van der Waals surface area contributed by atoms with Gasteiger partial charge in [-0.25, -0.2) is 0 Å². The van der Waals surface area contributed by atoms with E-state index in [1.807, 2.05) is 0 Å². The van der Waals surface area contributed by atoms with Crippen LogP contribution in [0.4, 0.5) is 0 Å². The quantitative estimate of drug-likeness (QED) is 0.757. The number of hydrogen-bond acceptors (Lipinski definition) is 4. The lowest BCUT2D eigenvalue weighted by Crippen LogP contribution is -2.32. The fourth-order valence-corrected chi connectivity index (χ4v) is 2.91. The minimum Gasteiger partial charge on any atom is -0.478 e. The summed E-state index contributed by atoms with van der Waals surface area (Å²) in [5.74, 6) is 2.00. The molecule has 0 bridgehead atoms. The molecule has 0 fully saturated rings. The first kappa shape index (κ1) is 12.7. The molecule has 2 aromatic carbocycles. The van der Waals surface area contributed by atoms with Crippen molar-refractivity contribution in [3.63, 3.8) is 0 Å². The average molecular weight is 280 g/mol. The minimum absolute atomic E-state index is 0.601. The van der Waals surface area contributed by atoms with Crippen molar-refractivity contribution in [1.29, 1.82) is 0 Å². The fourth-order valence-electron chi connectivity index (χ4n) is 2.91. The monoisotopic (exact) mass is 280 g/mol. The molecule has 4 nitrogen and oxygen atoms in total.